The highest BCUT2D eigenvalue weighted by molar-refractivity contribution is 5.84. The molecule has 8 heteroatoms. The van der Waals surface area contributed by atoms with Gasteiger partial charge in [-0.2, -0.15) is 22.0 Å². The third-order valence-corrected chi connectivity index (χ3v) is 3.17. The summed E-state index contributed by atoms with van der Waals surface area (Å²) < 4.78 is 62.2. The second-order valence-corrected chi connectivity index (χ2v) is 6.54. The first kappa shape index (κ1) is 17.1. The molecule has 0 aromatic heterocycles. The van der Waals surface area contributed by atoms with Crippen LogP contribution in [-0.4, -0.2) is 35.1 Å². The van der Waals surface area contributed by atoms with E-state index in [9.17, 15) is 26.7 Å². The lowest BCUT2D eigenvalue weighted by Gasteiger charge is -2.46. The molecule has 20 heavy (non-hydrogen) atoms. The van der Waals surface area contributed by atoms with E-state index in [1.165, 1.54) is 0 Å². The van der Waals surface area contributed by atoms with Gasteiger partial charge in [0.15, 0.2) is 0 Å². The lowest BCUT2D eigenvalue weighted by molar-refractivity contribution is -0.270. The van der Waals surface area contributed by atoms with Crippen molar-refractivity contribution in [3.8, 4) is 0 Å². The van der Waals surface area contributed by atoms with Gasteiger partial charge in [-0.15, -0.1) is 0 Å². The number of halogens is 5. The van der Waals surface area contributed by atoms with Crippen LogP contribution < -0.4 is 10.6 Å². The van der Waals surface area contributed by atoms with E-state index in [4.69, 9.17) is 0 Å². The van der Waals surface area contributed by atoms with Crippen molar-refractivity contribution in [1.29, 1.82) is 0 Å². The first-order valence-corrected chi connectivity index (χ1v) is 6.21. The highest BCUT2D eigenvalue weighted by Gasteiger charge is 2.63. The zero-order chi connectivity index (χ0) is 16.0. The molecule has 0 aromatic carbocycles. The van der Waals surface area contributed by atoms with Gasteiger partial charge in [-0.05, 0) is 40.5 Å². The van der Waals surface area contributed by atoms with Crippen LogP contribution in [0.1, 0.15) is 40.5 Å². The van der Waals surface area contributed by atoms with Gasteiger partial charge in [-0.3, -0.25) is 4.79 Å². The molecule has 1 amide bonds. The van der Waals surface area contributed by atoms with Crippen LogP contribution in [-0.2, 0) is 4.79 Å². The van der Waals surface area contributed by atoms with Gasteiger partial charge in [0.1, 0.15) is 0 Å². The van der Waals surface area contributed by atoms with Gasteiger partial charge >= 0.3 is 18.0 Å². The molecule has 2 N–H and O–H groups in total. The molecule has 0 bridgehead atoms. The fourth-order valence-corrected chi connectivity index (χ4v) is 2.83. The zero-order valence-corrected chi connectivity index (χ0v) is 11.8. The van der Waals surface area contributed by atoms with Crippen LogP contribution in [0.2, 0.25) is 0 Å². The van der Waals surface area contributed by atoms with Gasteiger partial charge in [0.2, 0.25) is 0 Å². The van der Waals surface area contributed by atoms with Gasteiger partial charge in [0.05, 0.1) is 0 Å². The molecule has 1 aliphatic rings. The topological polar surface area (TPSA) is 41.1 Å². The Kier molecular flexibility index (Phi) is 4.13. The maximum Gasteiger partial charge on any atom is 0.463 e. The minimum atomic E-state index is -5.88. The molecule has 3 nitrogen and oxygen atoms in total. The normalized spacial score (nSPS) is 23.4. The van der Waals surface area contributed by atoms with Crippen LogP contribution in [0.3, 0.4) is 0 Å². The number of amides is 1. The molecular formula is C12H19F5N2O. The molecular weight excluding hydrogens is 283 g/mol. The van der Waals surface area contributed by atoms with E-state index >= 15 is 0 Å². The molecule has 0 saturated carbocycles. The molecule has 1 aliphatic heterocycles. The van der Waals surface area contributed by atoms with E-state index in [0.29, 0.717) is 0 Å². The Labute approximate surface area is 114 Å². The average molecular weight is 302 g/mol. The molecule has 0 aromatic rings. The van der Waals surface area contributed by atoms with Gasteiger partial charge in [0.25, 0.3) is 0 Å². The van der Waals surface area contributed by atoms with E-state index in [2.05, 4.69) is 5.32 Å². The van der Waals surface area contributed by atoms with Crippen LogP contribution in [0, 0.1) is 0 Å². The van der Waals surface area contributed by atoms with Crippen molar-refractivity contribution in [2.45, 2.75) is 69.8 Å². The summed E-state index contributed by atoms with van der Waals surface area (Å²) in [6.45, 7) is 7.20. The maximum absolute atomic E-state index is 12.9. The van der Waals surface area contributed by atoms with Gasteiger partial charge in [0, 0.05) is 17.1 Å². The van der Waals surface area contributed by atoms with Crippen molar-refractivity contribution >= 4 is 5.91 Å². The third kappa shape index (κ3) is 3.80. The molecule has 0 aliphatic carbocycles. The Bertz CT molecular complexity index is 374. The van der Waals surface area contributed by atoms with E-state index in [1.807, 2.05) is 5.32 Å². The Hall–Kier alpha value is -0.920. The molecule has 1 heterocycles. The lowest BCUT2D eigenvalue weighted by atomic mass is 9.79. The van der Waals surface area contributed by atoms with E-state index in [0.717, 1.165) is 0 Å². The van der Waals surface area contributed by atoms with Crippen LogP contribution >= 0.6 is 0 Å². The summed E-state index contributed by atoms with van der Waals surface area (Å²) in [6, 6.07) is -0.734. The van der Waals surface area contributed by atoms with Crippen LogP contribution in [0.25, 0.3) is 0 Å². The predicted octanol–water partition coefficient (Wildman–Crippen LogP) is 2.61. The molecule has 0 atom stereocenters. The fourth-order valence-electron chi connectivity index (χ4n) is 2.83. The molecule has 0 radical (unpaired) electrons. The SMILES string of the molecule is CC1(C)CC(NC(=O)C(F)(F)C(F)(F)F)CC(C)(C)N1. The van der Waals surface area contributed by atoms with E-state index in [-0.39, 0.29) is 12.8 Å². The number of nitrogens with one attached hydrogen (secondary N) is 2. The summed E-state index contributed by atoms with van der Waals surface area (Å²) in [4.78, 5) is 11.2. The Morgan fingerprint density at radius 2 is 1.45 bits per heavy atom. The quantitative estimate of drug-likeness (QED) is 0.770. The van der Waals surface area contributed by atoms with Crippen LogP contribution in [0.15, 0.2) is 0 Å². The smallest absolute Gasteiger partial charge is 0.348 e. The van der Waals surface area contributed by atoms with Crippen molar-refractivity contribution in [3.63, 3.8) is 0 Å². The predicted molar refractivity (Wildman–Crippen MR) is 63.5 cm³/mol. The minimum absolute atomic E-state index is 0.274. The number of hydrogen-bond donors (Lipinski definition) is 2. The van der Waals surface area contributed by atoms with Crippen molar-refractivity contribution in [1.82, 2.24) is 10.6 Å². The number of carbonyl (C=O) groups is 1. The van der Waals surface area contributed by atoms with Crippen molar-refractivity contribution < 1.29 is 26.7 Å². The molecule has 0 unspecified atom stereocenters. The largest absolute Gasteiger partial charge is 0.463 e. The minimum Gasteiger partial charge on any atom is -0.348 e. The van der Waals surface area contributed by atoms with Gasteiger partial charge < -0.3 is 10.6 Å². The molecule has 1 saturated heterocycles. The first-order chi connectivity index (χ1) is 8.66. The first-order valence-electron chi connectivity index (χ1n) is 6.21. The molecule has 1 fully saturated rings. The summed E-state index contributed by atoms with van der Waals surface area (Å²) in [5.74, 6) is -7.66. The summed E-state index contributed by atoms with van der Waals surface area (Å²) >= 11 is 0. The van der Waals surface area contributed by atoms with Crippen molar-refractivity contribution in [2.24, 2.45) is 0 Å². The monoisotopic (exact) mass is 302 g/mol. The number of carbonyl (C=O) groups excluding carboxylic acids is 1. The fraction of sp³-hybridized carbons (Fsp3) is 0.917. The van der Waals surface area contributed by atoms with E-state index in [1.54, 1.807) is 27.7 Å². The Morgan fingerprint density at radius 1 is 1.05 bits per heavy atom. The Morgan fingerprint density at radius 3 is 1.80 bits per heavy atom. The van der Waals surface area contributed by atoms with Crippen LogP contribution in [0.5, 0.6) is 0 Å². The summed E-state index contributed by atoms with van der Waals surface area (Å²) in [5, 5.41) is 5.07. The molecule has 1 rings (SSSR count). The summed E-state index contributed by atoms with van der Waals surface area (Å²) in [6.07, 6.45) is -5.33. The maximum atomic E-state index is 12.9. The highest BCUT2D eigenvalue weighted by atomic mass is 19.4. The van der Waals surface area contributed by atoms with E-state index < -0.39 is 35.1 Å². The van der Waals surface area contributed by atoms with Crippen LogP contribution in [0.4, 0.5) is 22.0 Å². The van der Waals surface area contributed by atoms with Gasteiger partial charge in [-0.1, -0.05) is 0 Å². The number of hydrogen-bond acceptors (Lipinski definition) is 2. The lowest BCUT2D eigenvalue weighted by Crippen LogP contribution is -2.64. The number of alkyl halides is 5. The summed E-state index contributed by atoms with van der Waals surface area (Å²) in [7, 11) is 0. The highest BCUT2D eigenvalue weighted by Crippen LogP contribution is 2.36. The second kappa shape index (κ2) is 4.82. The Balaban J connectivity index is 2.81. The summed E-state index contributed by atoms with van der Waals surface area (Å²) in [5.41, 5.74) is -0.930. The molecule has 0 spiro atoms. The second-order valence-electron chi connectivity index (χ2n) is 6.54. The van der Waals surface area contributed by atoms with Crippen molar-refractivity contribution in [3.05, 3.63) is 0 Å². The third-order valence-electron chi connectivity index (χ3n) is 3.17. The molecule has 118 valence electrons. The van der Waals surface area contributed by atoms with Gasteiger partial charge in [-0.25, -0.2) is 0 Å². The van der Waals surface area contributed by atoms with Crippen molar-refractivity contribution in [2.75, 3.05) is 0 Å². The number of rotatable bonds is 2. The average Bonchev–Trinajstić information content (AvgIpc) is 2.09. The standard InChI is InChI=1S/C12H19F5N2O/c1-9(2)5-7(6-10(3,4)19-9)18-8(20)11(13,14)12(15,16)17/h7,19H,5-6H2,1-4H3,(H,18,20). The zero-order valence-electron chi connectivity index (χ0n) is 11.8. The number of piperidine rings is 1.